The first-order valence-electron chi connectivity index (χ1n) is 22.3. The van der Waals surface area contributed by atoms with Crippen LogP contribution in [0.3, 0.4) is 0 Å². The van der Waals surface area contributed by atoms with Gasteiger partial charge in [-0.25, -0.2) is 8.42 Å². The van der Waals surface area contributed by atoms with E-state index in [2.05, 4.69) is 61.4 Å². The number of esters is 1. The van der Waals surface area contributed by atoms with Crippen LogP contribution in [-0.2, 0) is 19.4 Å². The van der Waals surface area contributed by atoms with Crippen molar-refractivity contribution in [3.63, 3.8) is 0 Å². The number of nitrogens with zero attached hydrogens (tertiary/aromatic N) is 2. The topological polar surface area (TPSA) is 97.8 Å². The molecule has 312 valence electrons. The van der Waals surface area contributed by atoms with Crippen molar-refractivity contribution in [2.45, 2.75) is 137 Å². The number of carbonyl (C=O) groups excluding carboxylic acids is 1. The molecule has 3 unspecified atom stereocenters. The fourth-order valence-electron chi connectivity index (χ4n) is 14.9. The molecule has 1 N–H and O–H groups in total. The lowest BCUT2D eigenvalue weighted by Gasteiger charge is -2.72. The first-order valence-corrected chi connectivity index (χ1v) is 24.9. The van der Waals surface area contributed by atoms with Crippen molar-refractivity contribution in [2.75, 3.05) is 50.9 Å². The third-order valence-electron chi connectivity index (χ3n) is 18.0. The fourth-order valence-corrected chi connectivity index (χ4v) is 16.7. The summed E-state index contributed by atoms with van der Waals surface area (Å²) >= 11 is 1.43. The third-order valence-corrected chi connectivity index (χ3v) is 20.3. The lowest BCUT2D eigenvalue weighted by Crippen LogP contribution is -2.67. The second-order valence-electron chi connectivity index (χ2n) is 20.8. The minimum absolute atomic E-state index is 0.0616. The van der Waals surface area contributed by atoms with Crippen LogP contribution >= 0.6 is 11.5 Å². The maximum Gasteiger partial charge on any atom is 0.315 e. The average molecular weight is 810 g/mol. The summed E-state index contributed by atoms with van der Waals surface area (Å²) in [7, 11) is -2.84. The van der Waals surface area contributed by atoms with Crippen LogP contribution in [0.5, 0.6) is 5.88 Å². The second kappa shape index (κ2) is 14.8. The van der Waals surface area contributed by atoms with Gasteiger partial charge in [0.05, 0.1) is 18.1 Å². The lowest BCUT2D eigenvalue weighted by molar-refractivity contribution is -0.218. The molecule has 0 bridgehead atoms. The average Bonchev–Trinajstić information content (AvgIpc) is 3.78. The highest BCUT2D eigenvalue weighted by Gasteiger charge is 2.69. The number of allylic oxidation sites excluding steroid dienone is 4. The molecule has 1 aromatic rings. The fraction of sp³-hybridized carbons (Fsp3) is 0.826. The molecule has 8 rings (SSSR count). The minimum atomic E-state index is -2.84. The van der Waals surface area contributed by atoms with Gasteiger partial charge in [-0.15, -0.1) is 0 Å². The quantitative estimate of drug-likeness (QED) is 0.234. The Balaban J connectivity index is 0.980. The van der Waals surface area contributed by atoms with Gasteiger partial charge in [0.2, 0.25) is 5.88 Å². The third kappa shape index (κ3) is 6.69. The number of aryl methyl sites for hydroxylation is 1. The molecule has 56 heavy (non-hydrogen) atoms. The van der Waals surface area contributed by atoms with Gasteiger partial charge in [-0.05, 0) is 159 Å². The van der Waals surface area contributed by atoms with Gasteiger partial charge >= 0.3 is 5.97 Å². The Morgan fingerprint density at radius 3 is 2.41 bits per heavy atom. The zero-order chi connectivity index (χ0) is 39.8. The first-order chi connectivity index (χ1) is 26.5. The molecule has 2 heterocycles. The zero-order valence-corrected chi connectivity index (χ0v) is 37.3. The Bertz CT molecular complexity index is 1820. The Morgan fingerprint density at radius 1 is 0.929 bits per heavy atom. The molecule has 7 aliphatic rings. The molecule has 1 aliphatic heterocycles. The van der Waals surface area contributed by atoms with E-state index in [9.17, 15) is 13.2 Å². The molecule has 8 nitrogen and oxygen atoms in total. The van der Waals surface area contributed by atoms with Crippen molar-refractivity contribution in [3.05, 3.63) is 34.2 Å². The highest BCUT2D eigenvalue weighted by Crippen LogP contribution is 2.76. The van der Waals surface area contributed by atoms with Crippen LogP contribution in [0.25, 0.3) is 0 Å². The summed E-state index contributed by atoms with van der Waals surface area (Å²) in [5, 5.41) is 4.19. The van der Waals surface area contributed by atoms with E-state index in [0.29, 0.717) is 72.8 Å². The largest absolute Gasteiger partial charge is 0.476 e. The molecule has 10 heteroatoms. The van der Waals surface area contributed by atoms with E-state index >= 15 is 0 Å². The van der Waals surface area contributed by atoms with Crippen molar-refractivity contribution >= 4 is 27.3 Å². The summed E-state index contributed by atoms with van der Waals surface area (Å²) < 4.78 is 40.3. The number of fused-ring (bicyclic) bond motifs is 7. The highest BCUT2D eigenvalue weighted by atomic mass is 32.2. The van der Waals surface area contributed by atoms with E-state index < -0.39 is 15.3 Å². The van der Waals surface area contributed by atoms with Crippen LogP contribution < -0.4 is 10.1 Å². The van der Waals surface area contributed by atoms with Crippen LogP contribution in [0.1, 0.15) is 130 Å². The number of hydrogen-bond acceptors (Lipinski definition) is 9. The SMILES string of the molecule is CCOC(=O)C1(COc2cc(C)sn2)CC=C(C2=CC[C@@]3(C)C(CC[C@]4(C)C3CC[C@@H]3[C@H]5CCC[C@]5(NCCN5CCS(=O)(=O)CC5)CC[C@]34C)C2(C)C)CC1. The van der Waals surface area contributed by atoms with Gasteiger partial charge < -0.3 is 19.7 Å². The van der Waals surface area contributed by atoms with Crippen LogP contribution in [0.2, 0.25) is 0 Å². The van der Waals surface area contributed by atoms with Crippen molar-refractivity contribution in [1.82, 2.24) is 14.6 Å². The van der Waals surface area contributed by atoms with Crippen molar-refractivity contribution < 1.29 is 22.7 Å². The van der Waals surface area contributed by atoms with Crippen LogP contribution in [0.15, 0.2) is 29.4 Å². The van der Waals surface area contributed by atoms with Crippen molar-refractivity contribution in [2.24, 2.45) is 50.7 Å². The van der Waals surface area contributed by atoms with E-state index in [1.165, 1.54) is 80.5 Å². The van der Waals surface area contributed by atoms with E-state index in [0.717, 1.165) is 49.1 Å². The normalized spacial score (nSPS) is 41.6. The maximum absolute atomic E-state index is 13.5. The Kier molecular flexibility index (Phi) is 10.8. The second-order valence-corrected chi connectivity index (χ2v) is 24.1. The molecule has 0 radical (unpaired) electrons. The molecular formula is C46H71N3O5S2. The Morgan fingerprint density at radius 2 is 1.71 bits per heavy atom. The molecule has 9 atom stereocenters. The standard InChI is InChI=1S/C46H71N3O5S2/c1-8-53-40(50)45(31-54-39-30-32(2)55-48-39)20-13-33(14-21-45)34-15-18-42(5)37(41(34,3)4)16-19-44(7)38(42)12-11-35-36-10-9-17-46(36,23-22-43(35,44)6)47-24-25-49-26-28-56(51,52)29-27-49/h13,15,30,35-38,47H,8-12,14,16-29,31H2,1-7H3/t35-,36-,37?,38?,42+,43-,44-,45?,46+/m1/s1. The molecule has 0 aromatic carbocycles. The summed E-state index contributed by atoms with van der Waals surface area (Å²) in [6, 6.07) is 1.95. The summed E-state index contributed by atoms with van der Waals surface area (Å²) in [5.74, 6) is 3.95. The predicted octanol–water partition coefficient (Wildman–Crippen LogP) is 8.95. The molecule has 0 spiro atoms. The monoisotopic (exact) mass is 809 g/mol. The van der Waals surface area contributed by atoms with E-state index in [-0.39, 0.29) is 22.3 Å². The Labute approximate surface area is 342 Å². The maximum atomic E-state index is 13.5. The van der Waals surface area contributed by atoms with Gasteiger partial charge in [0.1, 0.15) is 12.0 Å². The van der Waals surface area contributed by atoms with Gasteiger partial charge in [-0.2, -0.15) is 4.37 Å². The highest BCUT2D eigenvalue weighted by molar-refractivity contribution is 7.91. The molecule has 1 saturated heterocycles. The smallest absolute Gasteiger partial charge is 0.315 e. The molecule has 5 fully saturated rings. The van der Waals surface area contributed by atoms with E-state index in [1.807, 2.05) is 19.9 Å². The van der Waals surface area contributed by atoms with Crippen molar-refractivity contribution in [1.29, 1.82) is 0 Å². The van der Waals surface area contributed by atoms with Crippen molar-refractivity contribution in [3.8, 4) is 5.88 Å². The molecule has 0 amide bonds. The van der Waals surface area contributed by atoms with Crippen LogP contribution in [0, 0.1) is 57.7 Å². The molecule has 6 aliphatic carbocycles. The lowest BCUT2D eigenvalue weighted by atomic mass is 9.33. The summed E-state index contributed by atoms with van der Waals surface area (Å²) in [6.45, 7) is 21.1. The number of ether oxygens (including phenoxy) is 2. The van der Waals surface area contributed by atoms with Gasteiger partial charge in [0, 0.05) is 42.7 Å². The number of rotatable bonds is 10. The summed E-state index contributed by atoms with van der Waals surface area (Å²) in [4.78, 5) is 17.0. The number of hydrogen-bond donors (Lipinski definition) is 1. The zero-order valence-electron chi connectivity index (χ0n) is 35.6. The van der Waals surface area contributed by atoms with E-state index in [1.54, 1.807) is 0 Å². The summed E-state index contributed by atoms with van der Waals surface area (Å²) in [6.07, 6.45) is 20.3. The number of nitrogens with one attached hydrogen (secondary N) is 1. The predicted molar refractivity (Wildman–Crippen MR) is 225 cm³/mol. The first kappa shape index (κ1) is 41.0. The number of carbonyl (C=O) groups is 1. The van der Waals surface area contributed by atoms with Gasteiger partial charge in [0.25, 0.3) is 0 Å². The Hall–Kier alpha value is -1.75. The van der Waals surface area contributed by atoms with Gasteiger partial charge in [-0.3, -0.25) is 4.79 Å². The minimum Gasteiger partial charge on any atom is -0.476 e. The van der Waals surface area contributed by atoms with E-state index in [4.69, 9.17) is 9.47 Å². The van der Waals surface area contributed by atoms with Gasteiger partial charge in [0.15, 0.2) is 9.84 Å². The number of aromatic nitrogens is 1. The summed E-state index contributed by atoms with van der Waals surface area (Å²) in [5.41, 5.74) is 3.54. The van der Waals surface area contributed by atoms with Gasteiger partial charge in [-0.1, -0.05) is 53.2 Å². The molecular weight excluding hydrogens is 739 g/mol. The molecule has 4 saturated carbocycles. The van der Waals surface area contributed by atoms with Crippen LogP contribution in [-0.4, -0.2) is 80.1 Å². The number of sulfone groups is 1. The van der Waals surface area contributed by atoms with Crippen LogP contribution in [0.4, 0.5) is 0 Å². The molecule has 1 aromatic heterocycles.